The fourth-order valence-corrected chi connectivity index (χ4v) is 6.11. The molecule has 0 bridgehead atoms. The zero-order valence-electron chi connectivity index (χ0n) is 18.8. The van der Waals surface area contributed by atoms with Crippen LogP contribution in [0.5, 0.6) is 0 Å². The van der Waals surface area contributed by atoms with Crippen molar-refractivity contribution in [2.75, 3.05) is 44.2 Å². The molecule has 2 aromatic carbocycles. The maximum atomic E-state index is 13.0. The van der Waals surface area contributed by atoms with E-state index in [0.717, 1.165) is 49.3 Å². The van der Waals surface area contributed by atoms with Crippen LogP contribution in [-0.4, -0.2) is 62.8 Å². The average Bonchev–Trinajstić information content (AvgIpc) is 3.01. The maximum Gasteiger partial charge on any atom is 0.416 e. The van der Waals surface area contributed by atoms with E-state index in [0.29, 0.717) is 25.2 Å². The molecule has 2 aromatic rings. The van der Waals surface area contributed by atoms with Crippen molar-refractivity contribution in [1.29, 1.82) is 0 Å². The second kappa shape index (κ2) is 9.95. The van der Waals surface area contributed by atoms with Gasteiger partial charge in [-0.25, -0.2) is 12.7 Å². The van der Waals surface area contributed by atoms with Crippen molar-refractivity contribution in [2.24, 2.45) is 0 Å². The largest absolute Gasteiger partial charge is 0.416 e. The topological polar surface area (TPSA) is 60.9 Å². The summed E-state index contributed by atoms with van der Waals surface area (Å²) in [5.74, 6) is -0.450. The Hall–Kier alpha value is -2.59. The molecule has 184 valence electrons. The molecule has 0 aromatic heterocycles. The zero-order chi connectivity index (χ0) is 24.3. The molecule has 4 rings (SSSR count). The summed E-state index contributed by atoms with van der Waals surface area (Å²) in [6.45, 7) is 4.01. The number of hydrogen-bond acceptors (Lipinski definition) is 5. The number of fused-ring (bicyclic) bond motifs is 1. The highest BCUT2D eigenvalue weighted by Crippen LogP contribution is 2.32. The minimum absolute atomic E-state index is 0.0873. The molecule has 1 amide bonds. The first-order chi connectivity index (χ1) is 16.2. The number of alkyl halides is 3. The van der Waals surface area contributed by atoms with Gasteiger partial charge in [-0.3, -0.25) is 9.69 Å². The Labute approximate surface area is 198 Å². The summed E-state index contributed by atoms with van der Waals surface area (Å²) in [6, 6.07) is 11.8. The van der Waals surface area contributed by atoms with Gasteiger partial charge in [-0.2, -0.15) is 13.2 Å². The monoisotopic (exact) mass is 495 g/mol. The minimum atomic E-state index is -4.34. The summed E-state index contributed by atoms with van der Waals surface area (Å²) < 4.78 is 65.0. The van der Waals surface area contributed by atoms with Gasteiger partial charge in [0, 0.05) is 38.4 Å². The van der Waals surface area contributed by atoms with Crippen molar-refractivity contribution in [1.82, 2.24) is 9.21 Å². The molecular formula is C24H28F3N3O3S. The lowest BCUT2D eigenvalue weighted by Crippen LogP contribution is -2.46. The van der Waals surface area contributed by atoms with Crippen LogP contribution in [0.1, 0.15) is 41.6 Å². The van der Waals surface area contributed by atoms with Crippen LogP contribution in [0.4, 0.5) is 18.9 Å². The summed E-state index contributed by atoms with van der Waals surface area (Å²) in [5.41, 5.74) is 0.217. The third kappa shape index (κ3) is 5.22. The minimum Gasteiger partial charge on any atom is -0.369 e. The lowest BCUT2D eigenvalue weighted by molar-refractivity contribution is -0.137. The summed E-state index contributed by atoms with van der Waals surface area (Å²) in [7, 11) is -3.74. The number of amides is 1. The maximum absolute atomic E-state index is 13.0. The van der Waals surface area contributed by atoms with Crippen molar-refractivity contribution >= 4 is 21.6 Å². The molecule has 0 N–H and O–H groups in total. The fourth-order valence-electron chi connectivity index (χ4n) is 4.51. The third-order valence-corrected chi connectivity index (χ3v) is 8.25. The molecule has 34 heavy (non-hydrogen) atoms. The van der Waals surface area contributed by atoms with Crippen LogP contribution in [0.3, 0.4) is 0 Å². The van der Waals surface area contributed by atoms with Crippen molar-refractivity contribution in [2.45, 2.75) is 36.8 Å². The molecule has 0 spiro atoms. The van der Waals surface area contributed by atoms with Crippen LogP contribution >= 0.6 is 0 Å². The Morgan fingerprint density at radius 3 is 2.18 bits per heavy atom. The third-order valence-electron chi connectivity index (χ3n) is 6.41. The van der Waals surface area contributed by atoms with Crippen molar-refractivity contribution in [3.05, 3.63) is 59.7 Å². The van der Waals surface area contributed by atoms with E-state index in [1.807, 2.05) is 4.90 Å². The predicted octanol–water partition coefficient (Wildman–Crippen LogP) is 4.23. The molecular weight excluding hydrogens is 467 g/mol. The smallest absolute Gasteiger partial charge is 0.369 e. The Morgan fingerprint density at radius 1 is 0.824 bits per heavy atom. The summed E-state index contributed by atoms with van der Waals surface area (Å²) in [5, 5.41) is 0. The molecule has 2 aliphatic heterocycles. The molecule has 0 unspecified atom stereocenters. The van der Waals surface area contributed by atoms with Gasteiger partial charge in [-0.05, 0) is 49.7 Å². The van der Waals surface area contributed by atoms with Gasteiger partial charge in [0.2, 0.25) is 0 Å². The fraction of sp³-hybridized carbons (Fsp3) is 0.458. The second-order valence-electron chi connectivity index (χ2n) is 8.67. The molecule has 0 radical (unpaired) electrons. The van der Waals surface area contributed by atoms with E-state index in [4.69, 9.17) is 0 Å². The molecule has 2 aliphatic rings. The van der Waals surface area contributed by atoms with E-state index in [-0.39, 0.29) is 17.0 Å². The lowest BCUT2D eigenvalue weighted by atomic mass is 10.1. The number of unbranched alkanes of at least 4 members (excludes halogenated alkanes) is 3. The van der Waals surface area contributed by atoms with Gasteiger partial charge in [0.25, 0.3) is 15.9 Å². The van der Waals surface area contributed by atoms with E-state index in [2.05, 4.69) is 4.90 Å². The number of sulfonamides is 1. The van der Waals surface area contributed by atoms with Gasteiger partial charge in [0.1, 0.15) is 4.90 Å². The Balaban J connectivity index is 1.15. The molecule has 0 saturated carbocycles. The van der Waals surface area contributed by atoms with E-state index in [9.17, 15) is 26.4 Å². The number of carbonyl (C=O) groups excluding carboxylic acids is 1. The van der Waals surface area contributed by atoms with Crippen molar-refractivity contribution in [3.8, 4) is 0 Å². The van der Waals surface area contributed by atoms with E-state index < -0.39 is 27.7 Å². The SMILES string of the molecule is O=C1c2ccccc2S(=O)(=O)N1CCCCCCN1CCN(c2cccc(C(F)(F)F)c2)CC1. The number of carbonyl (C=O) groups is 1. The molecule has 0 atom stereocenters. The molecule has 1 fully saturated rings. The highest BCUT2D eigenvalue weighted by molar-refractivity contribution is 7.90. The van der Waals surface area contributed by atoms with E-state index in [1.54, 1.807) is 24.3 Å². The number of halogens is 3. The first kappa shape index (κ1) is 24.5. The zero-order valence-corrected chi connectivity index (χ0v) is 19.6. The number of piperazine rings is 1. The van der Waals surface area contributed by atoms with Gasteiger partial charge in [0.05, 0.1) is 11.1 Å². The first-order valence-electron chi connectivity index (χ1n) is 11.5. The van der Waals surface area contributed by atoms with Crippen LogP contribution in [0, 0.1) is 0 Å². The summed E-state index contributed by atoms with van der Waals surface area (Å²) >= 11 is 0. The Kier molecular flexibility index (Phi) is 7.18. The van der Waals surface area contributed by atoms with E-state index >= 15 is 0 Å². The number of benzene rings is 2. The normalized spacial score (nSPS) is 18.4. The highest BCUT2D eigenvalue weighted by atomic mass is 32.2. The summed E-state index contributed by atoms with van der Waals surface area (Å²) in [4.78, 5) is 16.8. The van der Waals surface area contributed by atoms with Gasteiger partial charge in [0.15, 0.2) is 0 Å². The van der Waals surface area contributed by atoms with Crippen LogP contribution in [0.15, 0.2) is 53.4 Å². The van der Waals surface area contributed by atoms with E-state index in [1.165, 1.54) is 18.2 Å². The number of anilines is 1. The van der Waals surface area contributed by atoms with Crippen LogP contribution in [0.2, 0.25) is 0 Å². The molecule has 2 heterocycles. The number of nitrogens with zero attached hydrogens (tertiary/aromatic N) is 3. The van der Waals surface area contributed by atoms with Gasteiger partial charge in [-0.1, -0.05) is 31.0 Å². The lowest BCUT2D eigenvalue weighted by Gasteiger charge is -2.36. The van der Waals surface area contributed by atoms with Gasteiger partial charge in [-0.15, -0.1) is 0 Å². The highest BCUT2D eigenvalue weighted by Gasteiger charge is 2.40. The Bertz CT molecular complexity index is 1130. The van der Waals surface area contributed by atoms with Crippen LogP contribution < -0.4 is 4.90 Å². The van der Waals surface area contributed by atoms with Crippen LogP contribution in [-0.2, 0) is 16.2 Å². The van der Waals surface area contributed by atoms with Crippen molar-refractivity contribution < 1.29 is 26.4 Å². The van der Waals surface area contributed by atoms with Crippen LogP contribution in [0.25, 0.3) is 0 Å². The van der Waals surface area contributed by atoms with Gasteiger partial charge >= 0.3 is 6.18 Å². The first-order valence-corrected chi connectivity index (χ1v) is 12.9. The van der Waals surface area contributed by atoms with Crippen molar-refractivity contribution in [3.63, 3.8) is 0 Å². The Morgan fingerprint density at radius 2 is 1.50 bits per heavy atom. The molecule has 0 aliphatic carbocycles. The second-order valence-corrected chi connectivity index (χ2v) is 10.5. The van der Waals surface area contributed by atoms with Gasteiger partial charge < -0.3 is 4.90 Å². The summed E-state index contributed by atoms with van der Waals surface area (Å²) in [6.07, 6.45) is -1.04. The predicted molar refractivity (Wildman–Crippen MR) is 123 cm³/mol. The molecule has 1 saturated heterocycles. The number of rotatable bonds is 8. The average molecular weight is 496 g/mol. The quantitative estimate of drug-likeness (QED) is 0.513. The number of hydrogen-bond donors (Lipinski definition) is 0. The molecule has 6 nitrogen and oxygen atoms in total. The molecule has 10 heteroatoms. The standard InChI is InChI=1S/C24H28F3N3O3S/c25-24(26,27)19-8-7-9-20(18-19)29-16-14-28(15-17-29)12-5-1-2-6-13-30-23(31)21-10-3-4-11-22(21)34(30,32)33/h3-4,7-11,18H,1-2,5-6,12-17H2.